The van der Waals surface area contributed by atoms with Crippen LogP contribution in [0.1, 0.15) is 31.2 Å². The predicted octanol–water partition coefficient (Wildman–Crippen LogP) is 5.02. The molecule has 1 heterocycles. The maximum Gasteiger partial charge on any atom is 0.319 e. The summed E-state index contributed by atoms with van der Waals surface area (Å²) in [5, 5.41) is 1.19. The lowest BCUT2D eigenvalue weighted by Crippen LogP contribution is -2.60. The third kappa shape index (κ3) is 5.75. The van der Waals surface area contributed by atoms with Gasteiger partial charge in [0.25, 0.3) is 0 Å². The molecule has 2 unspecified atom stereocenters. The van der Waals surface area contributed by atoms with Crippen molar-refractivity contribution in [2.45, 2.75) is 44.3 Å². The molecule has 2 aliphatic rings. The molecule has 0 bridgehead atoms. The molecule has 0 spiro atoms. The molecule has 2 N–H and O–H groups in total. The Morgan fingerprint density at radius 1 is 1.06 bits per heavy atom. The molecule has 1 aliphatic heterocycles. The topological polar surface area (TPSA) is 62.0 Å². The number of carbonyl (C=O) groups is 1. The zero-order valence-electron chi connectivity index (χ0n) is 19.1. The number of rotatable bonds is 6. The van der Waals surface area contributed by atoms with Crippen molar-refractivity contribution >= 4 is 34.9 Å². The van der Waals surface area contributed by atoms with Gasteiger partial charge in [0.1, 0.15) is 5.75 Å². The molecule has 8 heteroatoms. The number of hydrogen-bond acceptors (Lipinski definition) is 4. The van der Waals surface area contributed by atoms with Crippen molar-refractivity contribution in [3.05, 3.63) is 58.1 Å². The Morgan fingerprint density at radius 2 is 1.82 bits per heavy atom. The second kappa shape index (κ2) is 11.0. The number of halogens is 2. The van der Waals surface area contributed by atoms with E-state index in [1.807, 2.05) is 42.5 Å². The molecule has 1 aliphatic carbocycles. The number of piperazine rings is 1. The quantitative estimate of drug-likeness (QED) is 0.617. The minimum absolute atomic E-state index is 0.0602. The summed E-state index contributed by atoms with van der Waals surface area (Å²) in [5.41, 5.74) is 7.89. The standard InChI is InChI=1S/C25H32Cl2N4O2/c1-33-20-6-4-5-19(16-20)31(25(28)32)24-8-3-2-7-23(24)30-13-11-29(12-14-30)17-18-9-10-21(26)22(27)15-18/h4-6,9-10,15-16,23-24H,2-3,7-8,11-14,17H2,1H3,(H2,28,32). The van der Waals surface area contributed by atoms with E-state index in [0.717, 1.165) is 63.4 Å². The van der Waals surface area contributed by atoms with E-state index in [2.05, 4.69) is 9.80 Å². The van der Waals surface area contributed by atoms with Crippen molar-refractivity contribution in [1.29, 1.82) is 0 Å². The first kappa shape index (κ1) is 24.1. The number of nitrogens with zero attached hydrogens (tertiary/aromatic N) is 3. The van der Waals surface area contributed by atoms with Gasteiger partial charge in [0, 0.05) is 50.5 Å². The highest BCUT2D eigenvalue weighted by atomic mass is 35.5. The normalized spacial score (nSPS) is 22.2. The maximum absolute atomic E-state index is 12.6. The number of amides is 2. The van der Waals surface area contributed by atoms with Gasteiger partial charge in [-0.05, 0) is 42.7 Å². The maximum atomic E-state index is 12.6. The molecule has 0 radical (unpaired) electrons. The smallest absolute Gasteiger partial charge is 0.319 e. The molecule has 33 heavy (non-hydrogen) atoms. The van der Waals surface area contributed by atoms with Crippen molar-refractivity contribution in [1.82, 2.24) is 9.80 Å². The molecule has 1 saturated carbocycles. The number of primary amides is 1. The van der Waals surface area contributed by atoms with Gasteiger partial charge in [0.05, 0.1) is 23.2 Å². The molecular formula is C25H32Cl2N4O2. The van der Waals surface area contributed by atoms with Crippen LogP contribution in [0.25, 0.3) is 0 Å². The van der Waals surface area contributed by atoms with Crippen LogP contribution < -0.4 is 15.4 Å². The van der Waals surface area contributed by atoms with Crippen LogP contribution in [0.15, 0.2) is 42.5 Å². The Morgan fingerprint density at radius 3 is 2.52 bits per heavy atom. The summed E-state index contributed by atoms with van der Waals surface area (Å²) in [5.74, 6) is 0.724. The summed E-state index contributed by atoms with van der Waals surface area (Å²) < 4.78 is 5.38. The number of hydrogen-bond donors (Lipinski definition) is 1. The highest BCUT2D eigenvalue weighted by Gasteiger charge is 2.37. The highest BCUT2D eigenvalue weighted by Crippen LogP contribution is 2.33. The van der Waals surface area contributed by atoms with Gasteiger partial charge in [-0.3, -0.25) is 14.7 Å². The van der Waals surface area contributed by atoms with Crippen LogP contribution in [0, 0.1) is 0 Å². The summed E-state index contributed by atoms with van der Waals surface area (Å²) in [6.45, 7) is 4.73. The van der Waals surface area contributed by atoms with Gasteiger partial charge in [-0.25, -0.2) is 4.79 Å². The van der Waals surface area contributed by atoms with Gasteiger partial charge in [0.2, 0.25) is 0 Å². The molecule has 0 aromatic heterocycles. The largest absolute Gasteiger partial charge is 0.497 e. The second-order valence-corrected chi connectivity index (χ2v) is 9.70. The minimum Gasteiger partial charge on any atom is -0.497 e. The lowest BCUT2D eigenvalue weighted by Gasteiger charge is -2.47. The van der Waals surface area contributed by atoms with Crippen LogP contribution in [0.2, 0.25) is 10.0 Å². The van der Waals surface area contributed by atoms with E-state index in [9.17, 15) is 4.79 Å². The van der Waals surface area contributed by atoms with Gasteiger partial charge in [0.15, 0.2) is 0 Å². The molecule has 2 amide bonds. The number of ether oxygens (including phenoxy) is 1. The van der Waals surface area contributed by atoms with E-state index in [1.54, 1.807) is 12.0 Å². The summed E-state index contributed by atoms with van der Waals surface area (Å²) >= 11 is 12.2. The molecule has 2 atom stereocenters. The summed E-state index contributed by atoms with van der Waals surface area (Å²) in [6, 6.07) is 13.4. The SMILES string of the molecule is COc1cccc(N(C(N)=O)C2CCCCC2N2CCN(Cc3ccc(Cl)c(Cl)c3)CC2)c1. The zero-order valence-corrected chi connectivity index (χ0v) is 20.6. The van der Waals surface area contributed by atoms with Crippen LogP contribution in [-0.4, -0.2) is 61.2 Å². The predicted molar refractivity (Wildman–Crippen MR) is 134 cm³/mol. The van der Waals surface area contributed by atoms with Crippen LogP contribution in [0.3, 0.4) is 0 Å². The number of methoxy groups -OCH3 is 1. The summed E-state index contributed by atoms with van der Waals surface area (Å²) in [4.78, 5) is 19.4. The van der Waals surface area contributed by atoms with Crippen molar-refractivity contribution in [3.63, 3.8) is 0 Å². The van der Waals surface area contributed by atoms with E-state index in [4.69, 9.17) is 33.7 Å². The Bertz CT molecular complexity index is 965. The average molecular weight is 491 g/mol. The van der Waals surface area contributed by atoms with Crippen LogP contribution in [-0.2, 0) is 6.54 Å². The van der Waals surface area contributed by atoms with Gasteiger partial charge in [-0.15, -0.1) is 0 Å². The molecule has 6 nitrogen and oxygen atoms in total. The fourth-order valence-electron chi connectivity index (χ4n) is 5.21. The van der Waals surface area contributed by atoms with Gasteiger partial charge < -0.3 is 10.5 Å². The fraction of sp³-hybridized carbons (Fsp3) is 0.480. The third-order valence-electron chi connectivity index (χ3n) is 6.86. The lowest BCUT2D eigenvalue weighted by atomic mass is 9.87. The molecule has 4 rings (SSSR count). The molecule has 2 fully saturated rings. The molecule has 2 aromatic carbocycles. The van der Waals surface area contributed by atoms with Crippen molar-refractivity contribution in [2.24, 2.45) is 5.73 Å². The molecule has 2 aromatic rings. The average Bonchev–Trinajstić information content (AvgIpc) is 2.82. The van der Waals surface area contributed by atoms with Crippen molar-refractivity contribution in [2.75, 3.05) is 38.2 Å². The Hall–Kier alpha value is -1.99. The molecule has 1 saturated heterocycles. The first-order chi connectivity index (χ1) is 16.0. The Kier molecular flexibility index (Phi) is 8.02. The van der Waals surface area contributed by atoms with Gasteiger partial charge in [-0.1, -0.05) is 48.2 Å². The molecular weight excluding hydrogens is 459 g/mol. The zero-order chi connectivity index (χ0) is 23.4. The van der Waals surface area contributed by atoms with Crippen LogP contribution >= 0.6 is 23.2 Å². The number of urea groups is 1. The number of anilines is 1. The monoisotopic (exact) mass is 490 g/mol. The van der Waals surface area contributed by atoms with E-state index in [-0.39, 0.29) is 6.04 Å². The van der Waals surface area contributed by atoms with Crippen molar-refractivity contribution < 1.29 is 9.53 Å². The van der Waals surface area contributed by atoms with Gasteiger partial charge in [-0.2, -0.15) is 0 Å². The minimum atomic E-state index is -0.404. The number of nitrogens with two attached hydrogens (primary N) is 1. The second-order valence-electron chi connectivity index (χ2n) is 8.89. The third-order valence-corrected chi connectivity index (χ3v) is 7.60. The number of benzene rings is 2. The van der Waals surface area contributed by atoms with E-state index >= 15 is 0 Å². The highest BCUT2D eigenvalue weighted by molar-refractivity contribution is 6.42. The van der Waals surface area contributed by atoms with E-state index in [1.165, 1.54) is 12.0 Å². The Balaban J connectivity index is 1.44. The van der Waals surface area contributed by atoms with E-state index < -0.39 is 6.03 Å². The summed E-state index contributed by atoms with van der Waals surface area (Å²) in [6.07, 6.45) is 4.31. The summed E-state index contributed by atoms with van der Waals surface area (Å²) in [7, 11) is 1.63. The van der Waals surface area contributed by atoms with Crippen molar-refractivity contribution in [3.8, 4) is 5.75 Å². The van der Waals surface area contributed by atoms with Crippen LogP contribution in [0.4, 0.5) is 10.5 Å². The van der Waals surface area contributed by atoms with Gasteiger partial charge >= 0.3 is 6.03 Å². The lowest BCUT2D eigenvalue weighted by molar-refractivity contribution is 0.0657. The fourth-order valence-corrected chi connectivity index (χ4v) is 5.53. The first-order valence-corrected chi connectivity index (χ1v) is 12.3. The van der Waals surface area contributed by atoms with E-state index in [0.29, 0.717) is 16.1 Å². The number of carbonyl (C=O) groups excluding carboxylic acids is 1. The first-order valence-electron chi connectivity index (χ1n) is 11.6. The Labute approximate surface area is 206 Å². The molecule has 178 valence electrons. The van der Waals surface area contributed by atoms with Crippen LogP contribution in [0.5, 0.6) is 5.75 Å².